The smallest absolute Gasteiger partial charge is 0.256 e. The quantitative estimate of drug-likeness (QED) is 0.481. The third-order valence-corrected chi connectivity index (χ3v) is 8.67. The molecular formula is C24H26F2N6O3S. The molecule has 0 unspecified atom stereocenters. The summed E-state index contributed by atoms with van der Waals surface area (Å²) in [5.41, 5.74) is 1.35. The number of halogens is 2. The van der Waals surface area contributed by atoms with Crippen LogP contribution >= 0.6 is 0 Å². The number of aromatic nitrogens is 2. The average Bonchev–Trinajstić information content (AvgIpc) is 3.37. The molecule has 36 heavy (non-hydrogen) atoms. The molecule has 1 fully saturated rings. The molecule has 2 aliphatic heterocycles. The van der Waals surface area contributed by atoms with Crippen molar-refractivity contribution in [1.82, 2.24) is 19.8 Å². The number of carbonyl (C=O) groups is 1. The van der Waals surface area contributed by atoms with Crippen molar-refractivity contribution in [2.45, 2.75) is 30.8 Å². The Hall–Kier alpha value is -3.35. The summed E-state index contributed by atoms with van der Waals surface area (Å²) < 4.78 is 55.2. The molecule has 1 aromatic heterocycles. The van der Waals surface area contributed by atoms with Crippen molar-refractivity contribution >= 4 is 27.4 Å². The summed E-state index contributed by atoms with van der Waals surface area (Å²) in [6.07, 6.45) is 0. The maximum Gasteiger partial charge on any atom is 0.256 e. The van der Waals surface area contributed by atoms with E-state index < -0.39 is 32.1 Å². The molecular weight excluding hydrogens is 490 g/mol. The molecule has 2 aromatic carbocycles. The molecule has 1 amide bonds. The normalized spacial score (nSPS) is 17.7. The standard InChI is InChI=1S/C24H26F2N6O3S/c1-24(2)21-20(14-32(24)36(34,35)19-12-16(25)11-17(26)13-19)22(30-29-21)28-23(33)15-3-5-18(6-4-15)31-9-7-27-8-10-31/h3-6,11-13,27H,7-10,14H2,1-2H3,(H2,28,29,30,33). The maximum absolute atomic E-state index is 13.7. The summed E-state index contributed by atoms with van der Waals surface area (Å²) in [7, 11) is -4.26. The topological polar surface area (TPSA) is 110 Å². The number of amides is 1. The summed E-state index contributed by atoms with van der Waals surface area (Å²) in [5.74, 6) is -2.15. The van der Waals surface area contributed by atoms with Crippen LogP contribution in [0.5, 0.6) is 0 Å². The van der Waals surface area contributed by atoms with Crippen molar-refractivity contribution in [3.63, 3.8) is 0 Å². The fraction of sp³-hybridized carbons (Fsp3) is 0.333. The van der Waals surface area contributed by atoms with Crippen LogP contribution in [0.1, 0.15) is 35.5 Å². The van der Waals surface area contributed by atoms with Gasteiger partial charge in [0.1, 0.15) is 11.6 Å². The predicted octanol–water partition coefficient (Wildman–Crippen LogP) is 2.79. The summed E-state index contributed by atoms with van der Waals surface area (Å²) in [6, 6.07) is 9.44. The van der Waals surface area contributed by atoms with Gasteiger partial charge in [-0.3, -0.25) is 9.89 Å². The van der Waals surface area contributed by atoms with E-state index in [0.29, 0.717) is 22.9 Å². The predicted molar refractivity (Wildman–Crippen MR) is 130 cm³/mol. The summed E-state index contributed by atoms with van der Waals surface area (Å²) in [6.45, 7) is 6.78. The highest BCUT2D eigenvalue weighted by Crippen LogP contribution is 2.43. The molecule has 190 valence electrons. The van der Waals surface area contributed by atoms with Gasteiger partial charge in [0.05, 0.1) is 16.1 Å². The number of carbonyl (C=O) groups excluding carboxylic acids is 1. The lowest BCUT2D eigenvalue weighted by molar-refractivity contribution is 0.102. The van der Waals surface area contributed by atoms with Gasteiger partial charge in [0.25, 0.3) is 5.91 Å². The molecule has 0 bridgehead atoms. The number of benzene rings is 2. The Labute approximate surface area is 207 Å². The molecule has 9 nitrogen and oxygen atoms in total. The number of sulfonamides is 1. The molecule has 0 atom stereocenters. The molecule has 0 saturated carbocycles. The second-order valence-electron chi connectivity index (χ2n) is 9.34. The van der Waals surface area contributed by atoms with Gasteiger partial charge in [0.15, 0.2) is 5.82 Å². The van der Waals surface area contributed by atoms with Crippen LogP contribution in [0.15, 0.2) is 47.4 Å². The minimum absolute atomic E-state index is 0.128. The van der Waals surface area contributed by atoms with Gasteiger partial charge in [-0.2, -0.15) is 9.40 Å². The van der Waals surface area contributed by atoms with Crippen molar-refractivity contribution in [3.05, 3.63) is 70.9 Å². The van der Waals surface area contributed by atoms with Gasteiger partial charge in [0.2, 0.25) is 10.0 Å². The zero-order valence-electron chi connectivity index (χ0n) is 19.8. The summed E-state index contributed by atoms with van der Waals surface area (Å²) in [5, 5.41) is 13.1. The van der Waals surface area contributed by atoms with Crippen LogP contribution < -0.4 is 15.5 Å². The van der Waals surface area contributed by atoms with Gasteiger partial charge >= 0.3 is 0 Å². The molecule has 2 aliphatic rings. The SMILES string of the molecule is CC1(C)c2[nH]nc(NC(=O)c3ccc(N4CCNCC4)cc3)c2CN1S(=O)(=O)c1cc(F)cc(F)c1. The van der Waals surface area contributed by atoms with Gasteiger partial charge in [-0.25, -0.2) is 17.2 Å². The molecule has 3 heterocycles. The first-order valence-corrected chi connectivity index (χ1v) is 12.9. The Bertz CT molecular complexity index is 1400. The van der Waals surface area contributed by atoms with E-state index in [1.807, 2.05) is 12.1 Å². The van der Waals surface area contributed by atoms with Gasteiger partial charge in [-0.05, 0) is 50.2 Å². The highest BCUT2D eigenvalue weighted by molar-refractivity contribution is 7.89. The van der Waals surface area contributed by atoms with E-state index in [0.717, 1.165) is 48.3 Å². The first-order valence-electron chi connectivity index (χ1n) is 11.5. The Balaban J connectivity index is 1.36. The first-order chi connectivity index (χ1) is 17.1. The van der Waals surface area contributed by atoms with Crippen molar-refractivity contribution < 1.29 is 22.0 Å². The lowest BCUT2D eigenvalue weighted by atomic mass is 10.0. The number of anilines is 2. The lowest BCUT2D eigenvalue weighted by Crippen LogP contribution is -2.43. The largest absolute Gasteiger partial charge is 0.369 e. The number of rotatable bonds is 5. The van der Waals surface area contributed by atoms with Crippen molar-refractivity contribution in [3.8, 4) is 0 Å². The van der Waals surface area contributed by atoms with E-state index in [-0.39, 0.29) is 18.3 Å². The summed E-state index contributed by atoms with van der Waals surface area (Å²) >= 11 is 0. The molecule has 3 N–H and O–H groups in total. The third-order valence-electron chi connectivity index (χ3n) is 6.67. The average molecular weight is 517 g/mol. The number of aromatic amines is 1. The van der Waals surface area contributed by atoms with Crippen LogP contribution in [0.25, 0.3) is 0 Å². The van der Waals surface area contributed by atoms with E-state index in [4.69, 9.17) is 0 Å². The second kappa shape index (κ2) is 8.95. The van der Waals surface area contributed by atoms with E-state index in [2.05, 4.69) is 25.7 Å². The zero-order chi connectivity index (χ0) is 25.7. The van der Waals surface area contributed by atoms with Gasteiger partial charge in [0, 0.05) is 55.6 Å². The fourth-order valence-electron chi connectivity index (χ4n) is 4.71. The highest BCUT2D eigenvalue weighted by atomic mass is 32.2. The van der Waals surface area contributed by atoms with Crippen LogP contribution in [-0.4, -0.2) is 55.0 Å². The van der Waals surface area contributed by atoms with Gasteiger partial charge < -0.3 is 15.5 Å². The first kappa shape index (κ1) is 24.3. The van der Waals surface area contributed by atoms with Gasteiger partial charge in [-0.15, -0.1) is 0 Å². The number of hydrogen-bond donors (Lipinski definition) is 3. The van der Waals surface area contributed by atoms with E-state index in [1.54, 1.807) is 26.0 Å². The van der Waals surface area contributed by atoms with Crippen LogP contribution in [0.4, 0.5) is 20.3 Å². The lowest BCUT2D eigenvalue weighted by Gasteiger charge is -2.30. The molecule has 0 spiro atoms. The number of nitrogens with zero attached hydrogens (tertiary/aromatic N) is 3. The second-order valence-corrected chi connectivity index (χ2v) is 11.2. The number of H-pyrrole nitrogens is 1. The Morgan fingerprint density at radius 3 is 2.33 bits per heavy atom. The minimum Gasteiger partial charge on any atom is -0.369 e. The number of nitrogens with one attached hydrogen (secondary N) is 3. The summed E-state index contributed by atoms with van der Waals surface area (Å²) in [4.78, 5) is 14.7. The number of hydrogen-bond acceptors (Lipinski definition) is 6. The van der Waals surface area contributed by atoms with Crippen LogP contribution in [-0.2, 0) is 22.1 Å². The Kier molecular flexibility index (Phi) is 6.05. The molecule has 3 aromatic rings. The van der Waals surface area contributed by atoms with E-state index in [9.17, 15) is 22.0 Å². The van der Waals surface area contributed by atoms with Crippen molar-refractivity contribution in [2.24, 2.45) is 0 Å². The monoisotopic (exact) mass is 516 g/mol. The molecule has 0 aliphatic carbocycles. The number of fused-ring (bicyclic) bond motifs is 1. The van der Waals surface area contributed by atoms with Crippen LogP contribution in [0.2, 0.25) is 0 Å². The van der Waals surface area contributed by atoms with Crippen molar-refractivity contribution in [2.75, 3.05) is 36.4 Å². The Morgan fingerprint density at radius 1 is 1.06 bits per heavy atom. The highest BCUT2D eigenvalue weighted by Gasteiger charge is 2.48. The third kappa shape index (κ3) is 4.25. The zero-order valence-corrected chi connectivity index (χ0v) is 20.6. The Morgan fingerprint density at radius 2 is 1.69 bits per heavy atom. The van der Waals surface area contributed by atoms with Gasteiger partial charge in [-0.1, -0.05) is 0 Å². The molecule has 1 saturated heterocycles. The molecule has 0 radical (unpaired) electrons. The van der Waals surface area contributed by atoms with Crippen molar-refractivity contribution in [1.29, 1.82) is 0 Å². The maximum atomic E-state index is 13.7. The van der Waals surface area contributed by atoms with Crippen LogP contribution in [0.3, 0.4) is 0 Å². The van der Waals surface area contributed by atoms with E-state index >= 15 is 0 Å². The number of piperazine rings is 1. The minimum atomic E-state index is -4.26. The molecule has 5 rings (SSSR count). The fourth-order valence-corrected chi connectivity index (χ4v) is 6.48. The van der Waals surface area contributed by atoms with Crippen LogP contribution in [0, 0.1) is 11.6 Å². The molecule has 12 heteroatoms. The van der Waals surface area contributed by atoms with E-state index in [1.165, 1.54) is 0 Å².